The Kier molecular flexibility index (Phi) is 3.75. The average molecular weight is 301 g/mol. The highest BCUT2D eigenvalue weighted by Crippen LogP contribution is 2.47. The Morgan fingerprint density at radius 2 is 1.95 bits per heavy atom. The van der Waals surface area contributed by atoms with E-state index in [2.05, 4.69) is 5.32 Å². The fourth-order valence-electron chi connectivity index (χ4n) is 2.08. The Morgan fingerprint density at radius 3 is 2.76 bits per heavy atom. The van der Waals surface area contributed by atoms with Crippen LogP contribution >= 0.6 is 11.8 Å². The molecule has 0 radical (unpaired) electrons. The van der Waals surface area contributed by atoms with Gasteiger partial charge >= 0.3 is 6.09 Å². The Morgan fingerprint density at radius 1 is 1.19 bits per heavy atom. The molecule has 0 fully saturated rings. The van der Waals surface area contributed by atoms with Crippen molar-refractivity contribution in [2.45, 2.75) is 22.8 Å². The first-order valence-electron chi connectivity index (χ1n) is 6.64. The van der Waals surface area contributed by atoms with Crippen molar-refractivity contribution in [1.82, 2.24) is 5.32 Å². The molecule has 2 aromatic carbocycles. The van der Waals surface area contributed by atoms with Crippen molar-refractivity contribution in [2.75, 3.05) is 7.05 Å². The predicted molar refractivity (Wildman–Crippen MR) is 81.0 cm³/mol. The van der Waals surface area contributed by atoms with E-state index >= 15 is 0 Å². The first kappa shape index (κ1) is 13.8. The van der Waals surface area contributed by atoms with Crippen LogP contribution < -0.4 is 10.1 Å². The molecule has 0 saturated carbocycles. The number of nitrogens with one attached hydrogen (secondary N) is 1. The normalized spacial score (nSPS) is 13.4. The summed E-state index contributed by atoms with van der Waals surface area (Å²) in [6.45, 7) is 1.85. The van der Waals surface area contributed by atoms with Crippen LogP contribution in [0.4, 0.5) is 4.79 Å². The van der Waals surface area contributed by atoms with Crippen LogP contribution in [0.1, 0.15) is 18.6 Å². The second-order valence-electron chi connectivity index (χ2n) is 4.65. The number of carbonyl (C=O) groups excluding carboxylic acids is 1. The molecular formula is C16H15NO3S. The van der Waals surface area contributed by atoms with E-state index in [1.54, 1.807) is 18.8 Å². The van der Waals surface area contributed by atoms with Crippen molar-refractivity contribution in [1.29, 1.82) is 0 Å². The van der Waals surface area contributed by atoms with Crippen LogP contribution in [0.25, 0.3) is 0 Å². The van der Waals surface area contributed by atoms with Crippen LogP contribution in [0.2, 0.25) is 0 Å². The van der Waals surface area contributed by atoms with E-state index in [0.717, 1.165) is 26.9 Å². The van der Waals surface area contributed by atoms with Gasteiger partial charge in [-0.1, -0.05) is 30.0 Å². The summed E-state index contributed by atoms with van der Waals surface area (Å²) in [5, 5.41) is 2.45. The molecular weight excluding hydrogens is 286 g/mol. The van der Waals surface area contributed by atoms with E-state index in [1.807, 2.05) is 49.4 Å². The Hall–Kier alpha value is -2.14. The van der Waals surface area contributed by atoms with Crippen molar-refractivity contribution in [3.63, 3.8) is 0 Å². The number of hydrogen-bond acceptors (Lipinski definition) is 4. The zero-order valence-corrected chi connectivity index (χ0v) is 12.6. The molecule has 1 N–H and O–H groups in total. The van der Waals surface area contributed by atoms with Gasteiger partial charge in [-0.3, -0.25) is 0 Å². The number of ether oxygens (including phenoxy) is 2. The third-order valence-corrected chi connectivity index (χ3v) is 4.31. The van der Waals surface area contributed by atoms with E-state index in [1.165, 1.54) is 0 Å². The maximum Gasteiger partial charge on any atom is 0.407 e. The molecule has 5 heteroatoms. The second kappa shape index (κ2) is 5.69. The van der Waals surface area contributed by atoms with Crippen molar-refractivity contribution in [3.8, 4) is 11.5 Å². The Labute approximate surface area is 127 Å². The SMILES string of the molecule is CNC(=O)O[C@H](C)c1ccc2c(c1)Sc1ccccc1O2. The van der Waals surface area contributed by atoms with E-state index < -0.39 is 6.09 Å². The molecule has 1 aliphatic rings. The van der Waals surface area contributed by atoms with Gasteiger partial charge in [0, 0.05) is 7.05 Å². The topological polar surface area (TPSA) is 47.6 Å². The minimum absolute atomic E-state index is 0.312. The minimum Gasteiger partial charge on any atom is -0.455 e. The van der Waals surface area contributed by atoms with Gasteiger partial charge in [-0.05, 0) is 36.8 Å². The molecule has 108 valence electrons. The molecule has 2 aromatic rings. The third-order valence-electron chi connectivity index (χ3n) is 3.21. The van der Waals surface area contributed by atoms with Gasteiger partial charge in [-0.25, -0.2) is 4.79 Å². The summed E-state index contributed by atoms with van der Waals surface area (Å²) in [6, 6.07) is 13.8. The lowest BCUT2D eigenvalue weighted by Crippen LogP contribution is -2.20. The van der Waals surface area contributed by atoms with E-state index in [4.69, 9.17) is 9.47 Å². The van der Waals surface area contributed by atoms with Gasteiger partial charge in [-0.2, -0.15) is 0 Å². The fourth-order valence-corrected chi connectivity index (χ4v) is 3.08. The summed E-state index contributed by atoms with van der Waals surface area (Å²) in [5.41, 5.74) is 0.938. The van der Waals surface area contributed by atoms with Crippen molar-refractivity contribution in [3.05, 3.63) is 48.0 Å². The van der Waals surface area contributed by atoms with Gasteiger partial charge in [-0.15, -0.1) is 0 Å². The molecule has 0 spiro atoms. The molecule has 21 heavy (non-hydrogen) atoms. The number of para-hydroxylation sites is 1. The number of rotatable bonds is 2. The third kappa shape index (κ3) is 2.83. The summed E-state index contributed by atoms with van der Waals surface area (Å²) >= 11 is 1.66. The van der Waals surface area contributed by atoms with Crippen LogP contribution in [0.3, 0.4) is 0 Å². The summed E-state index contributed by atoms with van der Waals surface area (Å²) < 4.78 is 11.1. The molecule has 1 aliphatic heterocycles. The summed E-state index contributed by atoms with van der Waals surface area (Å²) in [6.07, 6.45) is -0.748. The zero-order chi connectivity index (χ0) is 14.8. The summed E-state index contributed by atoms with van der Waals surface area (Å²) in [4.78, 5) is 13.4. The van der Waals surface area contributed by atoms with E-state index in [-0.39, 0.29) is 6.10 Å². The number of fused-ring (bicyclic) bond motifs is 2. The summed E-state index contributed by atoms with van der Waals surface area (Å²) in [7, 11) is 1.54. The van der Waals surface area contributed by atoms with Gasteiger partial charge < -0.3 is 14.8 Å². The highest BCUT2D eigenvalue weighted by molar-refractivity contribution is 7.99. The molecule has 1 amide bonds. The number of carbonyl (C=O) groups is 1. The smallest absolute Gasteiger partial charge is 0.407 e. The second-order valence-corrected chi connectivity index (χ2v) is 5.74. The fraction of sp³-hybridized carbons (Fsp3) is 0.188. The molecule has 3 rings (SSSR count). The number of alkyl carbamates (subject to hydrolysis) is 1. The maximum atomic E-state index is 11.3. The number of hydrogen-bond donors (Lipinski definition) is 1. The van der Waals surface area contributed by atoms with E-state index in [0.29, 0.717) is 0 Å². The van der Waals surface area contributed by atoms with Crippen LogP contribution in [-0.2, 0) is 4.74 Å². The van der Waals surface area contributed by atoms with Gasteiger partial charge in [0.05, 0.1) is 9.79 Å². The van der Waals surface area contributed by atoms with Crippen molar-refractivity contribution in [2.24, 2.45) is 0 Å². The largest absolute Gasteiger partial charge is 0.455 e. The standard InChI is InChI=1S/C16H15NO3S/c1-10(19-16(18)17-2)11-7-8-13-15(9-11)21-14-6-4-3-5-12(14)20-13/h3-10H,1-2H3,(H,17,18)/t10-/m1/s1. The number of amides is 1. The molecule has 0 aliphatic carbocycles. The highest BCUT2D eigenvalue weighted by Gasteiger charge is 2.19. The molecule has 0 saturated heterocycles. The van der Waals surface area contributed by atoms with Gasteiger partial charge in [0.15, 0.2) is 0 Å². The van der Waals surface area contributed by atoms with Gasteiger partial charge in [0.25, 0.3) is 0 Å². The van der Waals surface area contributed by atoms with Crippen LogP contribution in [0, 0.1) is 0 Å². The van der Waals surface area contributed by atoms with Crippen LogP contribution in [0.15, 0.2) is 52.3 Å². The molecule has 1 heterocycles. The first-order chi connectivity index (χ1) is 10.2. The van der Waals surface area contributed by atoms with E-state index in [9.17, 15) is 4.79 Å². The minimum atomic E-state index is -0.436. The maximum absolute atomic E-state index is 11.3. The monoisotopic (exact) mass is 301 g/mol. The van der Waals surface area contributed by atoms with Crippen LogP contribution in [0.5, 0.6) is 11.5 Å². The lowest BCUT2D eigenvalue weighted by molar-refractivity contribution is 0.109. The molecule has 0 unspecified atom stereocenters. The molecule has 0 bridgehead atoms. The van der Waals surface area contributed by atoms with Gasteiger partial charge in [0.1, 0.15) is 17.6 Å². The number of benzene rings is 2. The molecule has 4 nitrogen and oxygen atoms in total. The Balaban J connectivity index is 1.85. The van der Waals surface area contributed by atoms with Crippen molar-refractivity contribution >= 4 is 17.9 Å². The Bertz CT molecular complexity index is 687. The lowest BCUT2D eigenvalue weighted by Gasteiger charge is -2.21. The quantitative estimate of drug-likeness (QED) is 0.764. The first-order valence-corrected chi connectivity index (χ1v) is 7.46. The van der Waals surface area contributed by atoms with Crippen molar-refractivity contribution < 1.29 is 14.3 Å². The predicted octanol–water partition coefficient (Wildman–Crippen LogP) is 4.36. The summed E-state index contributed by atoms with van der Waals surface area (Å²) in [5.74, 6) is 1.70. The average Bonchev–Trinajstić information content (AvgIpc) is 2.52. The molecule has 0 aromatic heterocycles. The highest BCUT2D eigenvalue weighted by atomic mass is 32.2. The zero-order valence-electron chi connectivity index (χ0n) is 11.8. The lowest BCUT2D eigenvalue weighted by atomic mass is 10.1. The molecule has 1 atom stereocenters. The van der Waals surface area contributed by atoms with Crippen LogP contribution in [-0.4, -0.2) is 13.1 Å². The van der Waals surface area contributed by atoms with Gasteiger partial charge in [0.2, 0.25) is 0 Å².